The molecule has 3 fully saturated rings. The average molecular weight is 643 g/mol. The molecule has 2 aromatic carbocycles. The maximum absolute atomic E-state index is 17.1. The first-order valence-corrected chi connectivity index (χ1v) is 16.6. The molecule has 0 bridgehead atoms. The SMILES string of the molecule is C#Cc1c(F)ccc2cc(O)cc(-c3nc4c5c(nc(OC[C@@]67CCCN6C[C@H](F)C7)nc5c3F)N3C[C@@H](C)N[C@@H](CC)[C@H]3CC4)c12. The van der Waals surface area contributed by atoms with Gasteiger partial charge in [-0.1, -0.05) is 18.9 Å². The lowest BCUT2D eigenvalue weighted by Crippen LogP contribution is -2.61. The second-order valence-corrected chi connectivity index (χ2v) is 13.6. The van der Waals surface area contributed by atoms with Gasteiger partial charge in [-0.2, -0.15) is 9.97 Å². The predicted molar refractivity (Wildman–Crippen MR) is 174 cm³/mol. The van der Waals surface area contributed by atoms with Crippen molar-refractivity contribution in [2.45, 2.75) is 82.2 Å². The number of aryl methyl sites for hydroxylation is 1. The molecule has 4 aromatic rings. The van der Waals surface area contributed by atoms with Crippen molar-refractivity contribution >= 4 is 27.5 Å². The van der Waals surface area contributed by atoms with Crippen molar-refractivity contribution in [3.8, 4) is 35.4 Å². The number of nitrogens with one attached hydrogen (secondary N) is 1. The minimum atomic E-state index is -0.918. The molecular weight excluding hydrogens is 605 g/mol. The van der Waals surface area contributed by atoms with Crippen LogP contribution in [0.3, 0.4) is 0 Å². The van der Waals surface area contributed by atoms with E-state index in [4.69, 9.17) is 21.1 Å². The van der Waals surface area contributed by atoms with Gasteiger partial charge in [-0.05, 0) is 69.2 Å². The summed E-state index contributed by atoms with van der Waals surface area (Å²) in [5.74, 6) is 1.48. The Labute approximate surface area is 271 Å². The topological polar surface area (TPSA) is 86.6 Å². The number of anilines is 1. The molecule has 6 heterocycles. The number of phenolic OH excluding ortho intramolecular Hbond substituents is 1. The van der Waals surface area contributed by atoms with Crippen LogP contribution in [0.1, 0.15) is 57.2 Å². The summed E-state index contributed by atoms with van der Waals surface area (Å²) in [6.07, 6.45) is 9.14. The number of rotatable bonds is 5. The molecule has 0 spiro atoms. The average Bonchev–Trinajstić information content (AvgIpc) is 3.53. The summed E-state index contributed by atoms with van der Waals surface area (Å²) in [7, 11) is 0. The number of fused-ring (bicyclic) bond motifs is 4. The Morgan fingerprint density at radius 3 is 2.83 bits per heavy atom. The fraction of sp³-hybridized carbons (Fsp3) is 0.472. The van der Waals surface area contributed by atoms with Gasteiger partial charge in [0.15, 0.2) is 5.82 Å². The number of phenols is 1. The van der Waals surface area contributed by atoms with Crippen LogP contribution in [-0.2, 0) is 6.42 Å². The van der Waals surface area contributed by atoms with Crippen LogP contribution in [0.4, 0.5) is 19.0 Å². The van der Waals surface area contributed by atoms with Gasteiger partial charge in [0.1, 0.15) is 41.4 Å². The molecule has 4 aliphatic rings. The molecule has 0 aliphatic carbocycles. The molecular formula is C36H37F3N6O2. The fourth-order valence-corrected chi connectivity index (χ4v) is 8.69. The van der Waals surface area contributed by atoms with Crippen LogP contribution in [0, 0.1) is 24.0 Å². The normalized spacial score (nSPS) is 27.1. The Morgan fingerprint density at radius 1 is 1.17 bits per heavy atom. The Morgan fingerprint density at radius 2 is 2.02 bits per heavy atom. The summed E-state index contributed by atoms with van der Waals surface area (Å²) in [6.45, 7) is 6.33. The number of ether oxygens (including phenoxy) is 1. The third-order valence-corrected chi connectivity index (χ3v) is 10.7. The van der Waals surface area contributed by atoms with Gasteiger partial charge in [-0.15, -0.1) is 6.42 Å². The number of hydrogen-bond acceptors (Lipinski definition) is 8. The van der Waals surface area contributed by atoms with Crippen LogP contribution in [0.5, 0.6) is 11.8 Å². The highest BCUT2D eigenvalue weighted by molar-refractivity contribution is 6.03. The van der Waals surface area contributed by atoms with E-state index in [-0.39, 0.29) is 64.2 Å². The van der Waals surface area contributed by atoms with E-state index < -0.39 is 23.3 Å². The highest BCUT2D eigenvalue weighted by Gasteiger charge is 2.49. The lowest BCUT2D eigenvalue weighted by molar-refractivity contribution is 0.107. The number of piperazine rings is 1. The van der Waals surface area contributed by atoms with E-state index in [0.29, 0.717) is 48.2 Å². The van der Waals surface area contributed by atoms with Crippen molar-refractivity contribution in [2.24, 2.45) is 0 Å². The van der Waals surface area contributed by atoms with E-state index in [2.05, 4.69) is 39.9 Å². The molecule has 0 radical (unpaired) electrons. The minimum absolute atomic E-state index is 0.0223. The molecule has 3 saturated heterocycles. The molecule has 4 aliphatic heterocycles. The summed E-state index contributed by atoms with van der Waals surface area (Å²) in [5.41, 5.74) is 0.269. The van der Waals surface area contributed by atoms with Gasteiger partial charge < -0.3 is 20.1 Å². The maximum atomic E-state index is 17.1. The van der Waals surface area contributed by atoms with Gasteiger partial charge >= 0.3 is 6.01 Å². The van der Waals surface area contributed by atoms with E-state index in [1.807, 2.05) is 0 Å². The first-order chi connectivity index (χ1) is 22.7. The molecule has 47 heavy (non-hydrogen) atoms. The molecule has 8 rings (SSSR count). The second-order valence-electron chi connectivity index (χ2n) is 13.6. The summed E-state index contributed by atoms with van der Waals surface area (Å²) in [6, 6.07) is 5.99. The Bertz CT molecular complexity index is 1970. The number of halogens is 3. The third kappa shape index (κ3) is 4.79. The van der Waals surface area contributed by atoms with Crippen LogP contribution >= 0.6 is 0 Å². The van der Waals surface area contributed by atoms with Crippen molar-refractivity contribution in [3.05, 3.63) is 47.2 Å². The van der Waals surface area contributed by atoms with Gasteiger partial charge in [-0.25, -0.2) is 18.2 Å². The number of benzene rings is 2. The number of terminal acetylenes is 1. The van der Waals surface area contributed by atoms with Gasteiger partial charge in [0.25, 0.3) is 0 Å². The van der Waals surface area contributed by atoms with Crippen LogP contribution in [0.2, 0.25) is 0 Å². The number of aromatic hydroxyl groups is 1. The number of hydrogen-bond donors (Lipinski definition) is 2. The minimum Gasteiger partial charge on any atom is -0.508 e. The van der Waals surface area contributed by atoms with Gasteiger partial charge in [0.05, 0.1) is 22.2 Å². The number of nitrogens with zero attached hydrogens (tertiary/aromatic N) is 5. The van der Waals surface area contributed by atoms with Gasteiger partial charge in [0, 0.05) is 48.6 Å². The zero-order valence-corrected chi connectivity index (χ0v) is 26.5. The molecule has 244 valence electrons. The van der Waals surface area contributed by atoms with Crippen molar-refractivity contribution in [1.82, 2.24) is 25.2 Å². The third-order valence-electron chi connectivity index (χ3n) is 10.7. The van der Waals surface area contributed by atoms with E-state index in [1.165, 1.54) is 24.3 Å². The number of pyridine rings is 1. The van der Waals surface area contributed by atoms with E-state index in [9.17, 15) is 13.9 Å². The zero-order chi connectivity index (χ0) is 32.6. The fourth-order valence-electron chi connectivity index (χ4n) is 8.69. The Hall–Kier alpha value is -4.14. The van der Waals surface area contributed by atoms with Crippen LogP contribution in [-0.4, -0.2) is 81.0 Å². The lowest BCUT2D eigenvalue weighted by Gasteiger charge is -2.45. The van der Waals surface area contributed by atoms with Crippen LogP contribution < -0.4 is 15.0 Å². The molecule has 11 heteroatoms. The molecule has 2 N–H and O–H groups in total. The van der Waals surface area contributed by atoms with Gasteiger partial charge in [0.2, 0.25) is 0 Å². The van der Waals surface area contributed by atoms with Crippen molar-refractivity contribution in [2.75, 3.05) is 31.1 Å². The summed E-state index contributed by atoms with van der Waals surface area (Å²) < 4.78 is 53.0. The molecule has 5 atom stereocenters. The largest absolute Gasteiger partial charge is 0.508 e. The first-order valence-electron chi connectivity index (χ1n) is 16.6. The number of alkyl halides is 1. The summed E-state index contributed by atoms with van der Waals surface area (Å²) >= 11 is 0. The second kappa shape index (κ2) is 11.2. The highest BCUT2D eigenvalue weighted by atomic mass is 19.1. The highest BCUT2D eigenvalue weighted by Crippen LogP contribution is 2.44. The van der Waals surface area contributed by atoms with Crippen molar-refractivity contribution < 1.29 is 23.0 Å². The maximum Gasteiger partial charge on any atom is 0.319 e. The predicted octanol–water partition coefficient (Wildman–Crippen LogP) is 5.66. The summed E-state index contributed by atoms with van der Waals surface area (Å²) in [5, 5.41) is 15.7. The Balaban J connectivity index is 1.34. The van der Waals surface area contributed by atoms with Gasteiger partial charge in [-0.3, -0.25) is 4.90 Å². The molecule has 8 nitrogen and oxygen atoms in total. The molecule has 0 amide bonds. The van der Waals surface area contributed by atoms with E-state index in [0.717, 1.165) is 32.2 Å². The van der Waals surface area contributed by atoms with E-state index >= 15 is 4.39 Å². The lowest BCUT2D eigenvalue weighted by atomic mass is 9.94. The molecule has 0 unspecified atom stereocenters. The zero-order valence-electron chi connectivity index (χ0n) is 26.5. The van der Waals surface area contributed by atoms with Crippen LogP contribution in [0.15, 0.2) is 24.3 Å². The molecule has 0 saturated carbocycles. The van der Waals surface area contributed by atoms with Crippen molar-refractivity contribution in [1.29, 1.82) is 0 Å². The van der Waals surface area contributed by atoms with E-state index in [1.54, 1.807) is 0 Å². The first kappa shape index (κ1) is 30.2. The smallest absolute Gasteiger partial charge is 0.319 e. The standard InChI is InChI=1S/C36H37F3N6O2/c1-4-23-25(38)8-7-20-13-22(46)14-24(29(20)23)32-31(39)33-30-27(41-32)9-10-28-26(5-2)40-19(3)16-45(28)34(30)43-35(42-33)47-18-36-11-6-12-44(36)17-21(37)15-36/h1,7-8,13-14,19,21,26,28,40,46H,5-6,9-12,15-18H2,2-3H3/t19-,21-,26+,28-,36+/m1/s1. The monoisotopic (exact) mass is 642 g/mol. The summed E-state index contributed by atoms with van der Waals surface area (Å²) in [4.78, 5) is 18.9. The van der Waals surface area contributed by atoms with Crippen LogP contribution in [0.25, 0.3) is 32.9 Å². The van der Waals surface area contributed by atoms with Crippen molar-refractivity contribution in [3.63, 3.8) is 0 Å². The number of aromatic nitrogens is 3. The molecule has 2 aromatic heterocycles. The quantitative estimate of drug-likeness (QED) is 0.270. The Kier molecular flexibility index (Phi) is 7.22.